The van der Waals surface area contributed by atoms with E-state index in [1.54, 1.807) is 0 Å². The molecule has 0 radical (unpaired) electrons. The minimum absolute atomic E-state index is 0.00696. The summed E-state index contributed by atoms with van der Waals surface area (Å²) in [5.41, 5.74) is 4.38. The lowest BCUT2D eigenvalue weighted by molar-refractivity contribution is -0.139. The van der Waals surface area contributed by atoms with E-state index in [1.807, 2.05) is 65.4 Å². The fourth-order valence-electron chi connectivity index (χ4n) is 4.20. The maximum Gasteiger partial charge on any atom is 0.250 e. The molecule has 2 amide bonds. The Hall–Kier alpha value is -2.88. The molecule has 0 N–H and O–H groups in total. The summed E-state index contributed by atoms with van der Waals surface area (Å²) in [5, 5.41) is 0. The SMILES string of the molecule is CN(Cc1ccccc1)C(=O)C1CCN(C(=O)C2=Cc3ccccc3C2)CC1. The van der Waals surface area contributed by atoms with Gasteiger partial charge in [0.15, 0.2) is 0 Å². The summed E-state index contributed by atoms with van der Waals surface area (Å²) in [6.45, 7) is 1.94. The molecular formula is C24H26N2O2. The molecule has 0 bridgehead atoms. The number of amides is 2. The van der Waals surface area contributed by atoms with Crippen molar-refractivity contribution in [2.45, 2.75) is 25.8 Å². The van der Waals surface area contributed by atoms with E-state index < -0.39 is 0 Å². The van der Waals surface area contributed by atoms with Crippen LogP contribution < -0.4 is 0 Å². The second-order valence-corrected chi connectivity index (χ2v) is 7.79. The van der Waals surface area contributed by atoms with Crippen LogP contribution in [0.4, 0.5) is 0 Å². The molecule has 144 valence electrons. The van der Waals surface area contributed by atoms with Crippen molar-refractivity contribution in [1.29, 1.82) is 0 Å². The number of likely N-dealkylation sites (tertiary alicyclic amines) is 1. The van der Waals surface area contributed by atoms with Crippen molar-refractivity contribution in [3.8, 4) is 0 Å². The Morgan fingerprint density at radius 1 is 1.00 bits per heavy atom. The molecule has 1 heterocycles. The number of carbonyl (C=O) groups excluding carboxylic acids is 2. The minimum atomic E-state index is 0.00696. The number of rotatable bonds is 4. The maximum atomic E-state index is 12.9. The number of hydrogen-bond donors (Lipinski definition) is 0. The molecule has 0 unspecified atom stereocenters. The quantitative estimate of drug-likeness (QED) is 0.822. The van der Waals surface area contributed by atoms with E-state index in [9.17, 15) is 9.59 Å². The van der Waals surface area contributed by atoms with Gasteiger partial charge in [-0.15, -0.1) is 0 Å². The van der Waals surface area contributed by atoms with Crippen LogP contribution in [-0.2, 0) is 22.6 Å². The summed E-state index contributed by atoms with van der Waals surface area (Å²) in [5.74, 6) is 0.315. The van der Waals surface area contributed by atoms with Gasteiger partial charge in [-0.05, 0) is 35.6 Å². The van der Waals surface area contributed by atoms with Gasteiger partial charge < -0.3 is 9.80 Å². The summed E-state index contributed by atoms with van der Waals surface area (Å²) in [7, 11) is 1.87. The van der Waals surface area contributed by atoms with Gasteiger partial charge in [-0.2, -0.15) is 0 Å². The molecule has 0 atom stereocenters. The van der Waals surface area contributed by atoms with Crippen molar-refractivity contribution in [3.05, 3.63) is 76.9 Å². The van der Waals surface area contributed by atoms with Crippen LogP contribution in [0.15, 0.2) is 60.2 Å². The highest BCUT2D eigenvalue weighted by atomic mass is 16.2. The van der Waals surface area contributed by atoms with E-state index in [0.717, 1.165) is 29.5 Å². The fourth-order valence-corrected chi connectivity index (χ4v) is 4.20. The minimum Gasteiger partial charge on any atom is -0.341 e. The van der Waals surface area contributed by atoms with Crippen LogP contribution >= 0.6 is 0 Å². The topological polar surface area (TPSA) is 40.6 Å². The third-order valence-corrected chi connectivity index (χ3v) is 5.81. The molecule has 2 aromatic rings. The van der Waals surface area contributed by atoms with Crippen molar-refractivity contribution in [2.24, 2.45) is 5.92 Å². The van der Waals surface area contributed by atoms with E-state index in [0.29, 0.717) is 26.1 Å². The summed E-state index contributed by atoms with van der Waals surface area (Å²) < 4.78 is 0. The van der Waals surface area contributed by atoms with Crippen LogP contribution in [0.5, 0.6) is 0 Å². The first-order chi connectivity index (χ1) is 13.6. The molecule has 28 heavy (non-hydrogen) atoms. The highest BCUT2D eigenvalue weighted by Crippen LogP contribution is 2.28. The Morgan fingerprint density at radius 3 is 2.39 bits per heavy atom. The third-order valence-electron chi connectivity index (χ3n) is 5.81. The van der Waals surface area contributed by atoms with Crippen molar-refractivity contribution < 1.29 is 9.59 Å². The molecule has 0 spiro atoms. The summed E-state index contributed by atoms with van der Waals surface area (Å²) in [6, 6.07) is 18.2. The molecule has 1 fully saturated rings. The zero-order chi connectivity index (χ0) is 19.5. The number of carbonyl (C=O) groups is 2. The van der Waals surface area contributed by atoms with Crippen LogP contribution in [0, 0.1) is 5.92 Å². The Labute approximate surface area is 166 Å². The molecule has 1 aliphatic carbocycles. The van der Waals surface area contributed by atoms with E-state index in [-0.39, 0.29) is 17.7 Å². The molecule has 4 nitrogen and oxygen atoms in total. The van der Waals surface area contributed by atoms with Gasteiger partial charge in [-0.3, -0.25) is 9.59 Å². The molecule has 1 saturated heterocycles. The van der Waals surface area contributed by atoms with Crippen molar-refractivity contribution >= 4 is 17.9 Å². The maximum absolute atomic E-state index is 12.9. The molecule has 0 aromatic heterocycles. The number of piperidine rings is 1. The van der Waals surface area contributed by atoms with E-state index in [2.05, 4.69) is 12.1 Å². The molecule has 2 aromatic carbocycles. The van der Waals surface area contributed by atoms with Gasteiger partial charge in [0.2, 0.25) is 11.8 Å². The average molecular weight is 374 g/mol. The van der Waals surface area contributed by atoms with Crippen LogP contribution in [-0.4, -0.2) is 41.8 Å². The van der Waals surface area contributed by atoms with Crippen molar-refractivity contribution in [3.63, 3.8) is 0 Å². The second kappa shape index (κ2) is 8.01. The van der Waals surface area contributed by atoms with Gasteiger partial charge in [0.05, 0.1) is 0 Å². The predicted octanol–water partition coefficient (Wildman–Crippen LogP) is 3.52. The summed E-state index contributed by atoms with van der Waals surface area (Å²) in [6.07, 6.45) is 4.21. The van der Waals surface area contributed by atoms with Gasteiger partial charge in [0.25, 0.3) is 0 Å². The Balaban J connectivity index is 1.31. The largest absolute Gasteiger partial charge is 0.341 e. The number of hydrogen-bond acceptors (Lipinski definition) is 2. The lowest BCUT2D eigenvalue weighted by Crippen LogP contribution is -2.43. The number of benzene rings is 2. The zero-order valence-corrected chi connectivity index (χ0v) is 16.3. The van der Waals surface area contributed by atoms with Crippen LogP contribution in [0.2, 0.25) is 0 Å². The van der Waals surface area contributed by atoms with Crippen molar-refractivity contribution in [1.82, 2.24) is 9.80 Å². The zero-order valence-electron chi connectivity index (χ0n) is 16.3. The number of fused-ring (bicyclic) bond motifs is 1. The van der Waals surface area contributed by atoms with E-state index in [4.69, 9.17) is 0 Å². The van der Waals surface area contributed by atoms with Crippen LogP contribution in [0.25, 0.3) is 6.08 Å². The first kappa shape index (κ1) is 18.5. The molecule has 0 saturated carbocycles. The first-order valence-corrected chi connectivity index (χ1v) is 9.98. The Bertz CT molecular complexity index is 896. The Kier molecular flexibility index (Phi) is 5.29. The third kappa shape index (κ3) is 3.86. The molecule has 4 heteroatoms. The molecule has 4 rings (SSSR count). The molecular weight excluding hydrogens is 348 g/mol. The second-order valence-electron chi connectivity index (χ2n) is 7.79. The standard InChI is InChI=1S/C24H26N2O2/c1-25(17-18-7-3-2-4-8-18)23(27)19-11-13-26(14-12-19)24(28)22-15-20-9-5-6-10-21(20)16-22/h2-10,15,19H,11-14,16-17H2,1H3. The fraction of sp³-hybridized carbons (Fsp3) is 0.333. The average Bonchev–Trinajstić information content (AvgIpc) is 3.18. The van der Waals surface area contributed by atoms with Gasteiger partial charge in [0, 0.05) is 44.6 Å². The predicted molar refractivity (Wildman–Crippen MR) is 110 cm³/mol. The lowest BCUT2D eigenvalue weighted by atomic mass is 9.94. The summed E-state index contributed by atoms with van der Waals surface area (Å²) in [4.78, 5) is 29.4. The highest BCUT2D eigenvalue weighted by Gasteiger charge is 2.31. The van der Waals surface area contributed by atoms with Gasteiger partial charge >= 0.3 is 0 Å². The van der Waals surface area contributed by atoms with Gasteiger partial charge in [0.1, 0.15) is 0 Å². The van der Waals surface area contributed by atoms with Crippen LogP contribution in [0.1, 0.15) is 29.5 Å². The van der Waals surface area contributed by atoms with Crippen LogP contribution in [0.3, 0.4) is 0 Å². The first-order valence-electron chi connectivity index (χ1n) is 9.98. The smallest absolute Gasteiger partial charge is 0.250 e. The molecule has 1 aliphatic heterocycles. The van der Waals surface area contributed by atoms with Gasteiger partial charge in [-0.1, -0.05) is 54.6 Å². The Morgan fingerprint density at radius 2 is 1.68 bits per heavy atom. The highest BCUT2D eigenvalue weighted by molar-refractivity contribution is 6.00. The normalized spacial score (nSPS) is 16.5. The lowest BCUT2D eigenvalue weighted by Gasteiger charge is -2.33. The van der Waals surface area contributed by atoms with E-state index >= 15 is 0 Å². The monoisotopic (exact) mass is 374 g/mol. The summed E-state index contributed by atoms with van der Waals surface area (Å²) >= 11 is 0. The van der Waals surface area contributed by atoms with Gasteiger partial charge in [-0.25, -0.2) is 0 Å². The molecule has 2 aliphatic rings. The van der Waals surface area contributed by atoms with Crippen molar-refractivity contribution in [2.75, 3.05) is 20.1 Å². The number of nitrogens with zero attached hydrogens (tertiary/aromatic N) is 2. The van der Waals surface area contributed by atoms with E-state index in [1.165, 1.54) is 5.56 Å².